The Morgan fingerprint density at radius 3 is 2.20 bits per heavy atom. The Morgan fingerprint density at radius 1 is 1.27 bits per heavy atom. The Morgan fingerprint density at radius 2 is 1.80 bits per heavy atom. The third-order valence-electron chi connectivity index (χ3n) is 1.84. The molecular weight excluding hydrogens is 196 g/mol. The first-order valence-corrected chi connectivity index (χ1v) is 4.53. The van der Waals surface area contributed by atoms with Crippen molar-refractivity contribution in [1.82, 2.24) is 0 Å². The zero-order valence-electron chi connectivity index (χ0n) is 8.99. The van der Waals surface area contributed by atoms with Gasteiger partial charge in [0.1, 0.15) is 17.1 Å². The minimum Gasteiger partial charge on any atom is -0.496 e. The number of benzene rings is 1. The molecule has 1 rings (SSSR count). The van der Waals surface area contributed by atoms with Gasteiger partial charge in [0.05, 0.1) is 20.8 Å². The monoisotopic (exact) mass is 209 g/mol. The van der Waals surface area contributed by atoms with Crippen molar-refractivity contribution in [3.63, 3.8) is 0 Å². The molecule has 4 nitrogen and oxygen atoms in total. The first-order chi connectivity index (χ1) is 7.24. The molecule has 15 heavy (non-hydrogen) atoms. The van der Waals surface area contributed by atoms with E-state index in [0.717, 1.165) is 0 Å². The molecule has 0 heterocycles. The van der Waals surface area contributed by atoms with Gasteiger partial charge in [-0.15, -0.1) is 0 Å². The Labute approximate surface area is 88.8 Å². The van der Waals surface area contributed by atoms with Crippen molar-refractivity contribution in [2.75, 3.05) is 20.8 Å². The molecule has 1 aromatic rings. The van der Waals surface area contributed by atoms with Crippen molar-refractivity contribution in [3.8, 4) is 11.5 Å². The first-order valence-electron chi connectivity index (χ1n) is 4.53. The van der Waals surface area contributed by atoms with Crippen molar-refractivity contribution in [2.45, 2.75) is 6.92 Å². The maximum Gasteiger partial charge on any atom is 0.345 e. The summed E-state index contributed by atoms with van der Waals surface area (Å²) in [7, 11) is 2.96. The summed E-state index contributed by atoms with van der Waals surface area (Å²) in [6.45, 7) is 2.05. The minimum atomic E-state index is -0.458. The van der Waals surface area contributed by atoms with Gasteiger partial charge in [-0.2, -0.15) is 0 Å². The van der Waals surface area contributed by atoms with Gasteiger partial charge in [0.15, 0.2) is 0 Å². The molecule has 1 radical (unpaired) electrons. The Bertz CT molecular complexity index is 324. The lowest BCUT2D eigenvalue weighted by Gasteiger charge is -2.11. The zero-order valence-corrected chi connectivity index (χ0v) is 8.99. The SMILES string of the molecule is CCOC(=O)c1c(OC)c[c]cc1OC. The molecule has 0 fully saturated rings. The lowest BCUT2D eigenvalue weighted by Crippen LogP contribution is -2.08. The molecule has 0 bridgehead atoms. The molecule has 0 atom stereocenters. The van der Waals surface area contributed by atoms with E-state index in [1.807, 2.05) is 0 Å². The van der Waals surface area contributed by atoms with Gasteiger partial charge in [0.2, 0.25) is 0 Å². The second-order valence-corrected chi connectivity index (χ2v) is 2.69. The van der Waals surface area contributed by atoms with Gasteiger partial charge in [-0.3, -0.25) is 0 Å². The van der Waals surface area contributed by atoms with E-state index in [-0.39, 0.29) is 0 Å². The predicted molar refractivity (Wildman–Crippen MR) is 54.3 cm³/mol. The van der Waals surface area contributed by atoms with E-state index >= 15 is 0 Å². The summed E-state index contributed by atoms with van der Waals surface area (Å²) in [4.78, 5) is 11.6. The van der Waals surface area contributed by atoms with E-state index in [4.69, 9.17) is 14.2 Å². The van der Waals surface area contributed by atoms with E-state index < -0.39 is 5.97 Å². The smallest absolute Gasteiger partial charge is 0.345 e. The van der Waals surface area contributed by atoms with Crippen LogP contribution >= 0.6 is 0 Å². The molecule has 81 valence electrons. The van der Waals surface area contributed by atoms with E-state index in [1.54, 1.807) is 19.1 Å². The molecule has 0 spiro atoms. The minimum absolute atomic E-state index is 0.292. The number of ether oxygens (including phenoxy) is 3. The van der Waals surface area contributed by atoms with E-state index in [0.29, 0.717) is 23.7 Å². The maximum atomic E-state index is 11.6. The van der Waals surface area contributed by atoms with Gasteiger partial charge in [-0.05, 0) is 25.1 Å². The highest BCUT2D eigenvalue weighted by Crippen LogP contribution is 2.28. The highest BCUT2D eigenvalue weighted by molar-refractivity contribution is 5.95. The van der Waals surface area contributed by atoms with Crippen LogP contribution in [0.2, 0.25) is 0 Å². The number of esters is 1. The summed E-state index contributed by atoms with van der Waals surface area (Å²) < 4.78 is 15.0. The van der Waals surface area contributed by atoms with Crippen LogP contribution in [0.4, 0.5) is 0 Å². The van der Waals surface area contributed by atoms with Gasteiger partial charge in [-0.1, -0.05) is 0 Å². The van der Waals surface area contributed by atoms with E-state index in [1.165, 1.54) is 14.2 Å². The Balaban J connectivity index is 3.15. The normalized spacial score (nSPS) is 9.53. The maximum absolute atomic E-state index is 11.6. The molecule has 0 unspecified atom stereocenters. The zero-order chi connectivity index (χ0) is 11.3. The first kappa shape index (κ1) is 11.4. The Kier molecular flexibility index (Phi) is 3.97. The van der Waals surface area contributed by atoms with Crippen LogP contribution in [0.25, 0.3) is 0 Å². The fourth-order valence-corrected chi connectivity index (χ4v) is 1.19. The van der Waals surface area contributed by atoms with Gasteiger partial charge in [-0.25, -0.2) is 4.79 Å². The van der Waals surface area contributed by atoms with Crippen LogP contribution in [0.3, 0.4) is 0 Å². The van der Waals surface area contributed by atoms with Crippen LogP contribution < -0.4 is 9.47 Å². The average molecular weight is 209 g/mol. The molecular formula is C11H13O4. The fraction of sp³-hybridized carbons (Fsp3) is 0.364. The van der Waals surface area contributed by atoms with Gasteiger partial charge < -0.3 is 14.2 Å². The quantitative estimate of drug-likeness (QED) is 0.708. The summed E-state index contributed by atoms with van der Waals surface area (Å²) in [6, 6.07) is 5.94. The van der Waals surface area contributed by atoms with Crippen LogP contribution in [0.1, 0.15) is 17.3 Å². The largest absolute Gasteiger partial charge is 0.496 e. The molecule has 0 aliphatic rings. The van der Waals surface area contributed by atoms with Crippen molar-refractivity contribution in [2.24, 2.45) is 0 Å². The molecule has 0 aromatic heterocycles. The molecule has 0 aliphatic carbocycles. The van der Waals surface area contributed by atoms with Gasteiger partial charge in [0, 0.05) is 0 Å². The molecule has 0 N–H and O–H groups in total. The van der Waals surface area contributed by atoms with Crippen molar-refractivity contribution in [3.05, 3.63) is 23.8 Å². The van der Waals surface area contributed by atoms with Crippen LogP contribution in [0, 0.1) is 6.07 Å². The summed E-state index contributed by atoms with van der Waals surface area (Å²) in [5, 5.41) is 0. The van der Waals surface area contributed by atoms with E-state index in [2.05, 4.69) is 6.07 Å². The van der Waals surface area contributed by atoms with E-state index in [9.17, 15) is 4.79 Å². The lowest BCUT2D eigenvalue weighted by molar-refractivity contribution is 0.0519. The molecule has 1 aromatic carbocycles. The number of hydrogen-bond donors (Lipinski definition) is 0. The topological polar surface area (TPSA) is 44.8 Å². The number of carbonyl (C=O) groups excluding carboxylic acids is 1. The number of hydrogen-bond acceptors (Lipinski definition) is 4. The Hall–Kier alpha value is -1.71. The molecule has 4 heteroatoms. The number of rotatable bonds is 4. The van der Waals surface area contributed by atoms with Crippen LogP contribution in [0.15, 0.2) is 12.1 Å². The molecule has 0 amide bonds. The lowest BCUT2D eigenvalue weighted by atomic mass is 10.2. The molecule has 0 saturated carbocycles. The highest BCUT2D eigenvalue weighted by Gasteiger charge is 2.18. The van der Waals surface area contributed by atoms with Crippen molar-refractivity contribution in [1.29, 1.82) is 0 Å². The van der Waals surface area contributed by atoms with Gasteiger partial charge >= 0.3 is 5.97 Å². The van der Waals surface area contributed by atoms with Crippen LogP contribution in [0.5, 0.6) is 11.5 Å². The third kappa shape index (κ3) is 2.40. The predicted octanol–water partition coefficient (Wildman–Crippen LogP) is 1.68. The standard InChI is InChI=1S/C11H13O4/c1-4-15-11(12)10-8(13-2)6-5-7-9(10)14-3/h6-7H,4H2,1-3H3. The summed E-state index contributed by atoms with van der Waals surface area (Å²) >= 11 is 0. The van der Waals surface area contributed by atoms with Crippen LogP contribution in [-0.4, -0.2) is 26.8 Å². The molecule has 0 aliphatic heterocycles. The number of methoxy groups -OCH3 is 2. The van der Waals surface area contributed by atoms with Crippen LogP contribution in [-0.2, 0) is 4.74 Å². The molecule has 0 saturated heterocycles. The summed E-state index contributed by atoms with van der Waals surface area (Å²) in [5.41, 5.74) is 0.292. The average Bonchev–Trinajstić information content (AvgIpc) is 2.28. The third-order valence-corrected chi connectivity index (χ3v) is 1.84. The van der Waals surface area contributed by atoms with Gasteiger partial charge in [0.25, 0.3) is 0 Å². The summed E-state index contributed by atoms with van der Waals surface area (Å²) in [5.74, 6) is 0.334. The summed E-state index contributed by atoms with van der Waals surface area (Å²) in [6.07, 6.45) is 0. The second-order valence-electron chi connectivity index (χ2n) is 2.69. The van der Waals surface area contributed by atoms with Crippen molar-refractivity contribution < 1.29 is 19.0 Å². The number of carbonyl (C=O) groups is 1. The fourth-order valence-electron chi connectivity index (χ4n) is 1.19. The van der Waals surface area contributed by atoms with Crippen molar-refractivity contribution >= 4 is 5.97 Å². The highest BCUT2D eigenvalue weighted by atomic mass is 16.5. The second kappa shape index (κ2) is 5.24.